The van der Waals surface area contributed by atoms with E-state index in [0.29, 0.717) is 27.7 Å². The molecule has 12 heteroatoms. The Balaban J connectivity index is 2.10. The zero-order valence-electron chi connectivity index (χ0n) is 15.2. The molecule has 0 aliphatic rings. The predicted octanol–water partition coefficient (Wildman–Crippen LogP) is 5.35. The van der Waals surface area contributed by atoms with Crippen molar-refractivity contribution in [1.29, 1.82) is 0 Å². The summed E-state index contributed by atoms with van der Waals surface area (Å²) in [5.74, 6) is -0.175. The van der Waals surface area contributed by atoms with E-state index in [4.69, 9.17) is 36.6 Å². The Morgan fingerprint density at radius 1 is 1.30 bits per heavy atom. The fourth-order valence-corrected chi connectivity index (χ4v) is 5.61. The van der Waals surface area contributed by atoms with Gasteiger partial charge in [-0.2, -0.15) is 8.78 Å². The number of benzene rings is 2. The molecule has 0 unspecified atom stereocenters. The predicted molar refractivity (Wildman–Crippen MR) is 116 cm³/mol. The first-order chi connectivity index (χ1) is 14.1. The summed E-state index contributed by atoms with van der Waals surface area (Å²) in [7, 11) is -2.10. The van der Waals surface area contributed by atoms with Crippen LogP contribution >= 0.6 is 47.2 Å². The number of nitrogens with two attached hydrogens (primary N) is 1. The van der Waals surface area contributed by atoms with Crippen molar-refractivity contribution in [2.75, 3.05) is 7.11 Å². The van der Waals surface area contributed by atoms with Gasteiger partial charge in [-0.3, -0.25) is 4.79 Å². The Morgan fingerprint density at radius 3 is 2.60 bits per heavy atom. The first-order valence-electron chi connectivity index (χ1n) is 8.13. The van der Waals surface area contributed by atoms with Crippen LogP contribution < -0.4 is 15.2 Å². The van der Waals surface area contributed by atoms with E-state index in [-0.39, 0.29) is 32.5 Å². The Labute approximate surface area is 188 Å². The maximum Gasteiger partial charge on any atom is 0.349 e. The topological polar surface area (TPSA) is 102 Å². The summed E-state index contributed by atoms with van der Waals surface area (Å²) in [5, 5.41) is 0.702. The smallest absolute Gasteiger partial charge is 0.349 e. The Kier molecular flexibility index (Phi) is 6.86. The van der Waals surface area contributed by atoms with Crippen molar-refractivity contribution in [2.45, 2.75) is 12.3 Å². The van der Waals surface area contributed by atoms with Crippen LogP contribution in [0, 0.1) is 0 Å². The van der Waals surface area contributed by atoms with Crippen LogP contribution in [0.1, 0.15) is 20.8 Å². The number of fused-ring (bicyclic) bond motifs is 1. The van der Waals surface area contributed by atoms with Gasteiger partial charge in [0.25, 0.3) is 0 Å². The van der Waals surface area contributed by atoms with Crippen LogP contribution in [0.4, 0.5) is 8.78 Å². The molecule has 1 heterocycles. The fourth-order valence-electron chi connectivity index (χ4n) is 2.67. The van der Waals surface area contributed by atoms with Gasteiger partial charge in [-0.25, -0.2) is 0 Å². The highest BCUT2D eigenvalue weighted by Gasteiger charge is 2.45. The molecule has 160 valence electrons. The molecule has 1 aromatic heterocycles. The van der Waals surface area contributed by atoms with Gasteiger partial charge in [0.1, 0.15) is 18.1 Å². The number of ether oxygens (including phenoxy) is 2. The summed E-state index contributed by atoms with van der Waals surface area (Å²) < 4.78 is 39.9. The largest absolute Gasteiger partial charge is 0.496 e. The maximum atomic E-state index is 14.3. The second-order valence-electron chi connectivity index (χ2n) is 6.04. The number of carbonyl (C=O) groups excluding carboxylic acids is 1. The molecule has 3 rings (SSSR count). The molecule has 2 aromatic carbocycles. The van der Waals surface area contributed by atoms with Crippen LogP contribution in [0.2, 0.25) is 5.02 Å². The monoisotopic (exact) mass is 539 g/mol. The number of halogens is 4. The molecule has 0 aliphatic heterocycles. The van der Waals surface area contributed by atoms with E-state index in [1.165, 1.54) is 19.2 Å². The second kappa shape index (κ2) is 8.90. The molecule has 1 amide bonds. The number of hydrogen-bond donors (Lipinski definition) is 3. The molecule has 0 bridgehead atoms. The maximum absolute atomic E-state index is 14.3. The summed E-state index contributed by atoms with van der Waals surface area (Å²) in [4.78, 5) is 29.4. The van der Waals surface area contributed by atoms with Crippen LogP contribution in [0.5, 0.6) is 11.5 Å². The second-order valence-corrected chi connectivity index (χ2v) is 9.43. The number of primary amides is 1. The van der Waals surface area contributed by atoms with Gasteiger partial charge in [0.2, 0.25) is 14.3 Å². The van der Waals surface area contributed by atoms with E-state index in [1.807, 2.05) is 0 Å². The molecule has 4 N–H and O–H groups in total. The number of rotatable bonds is 7. The third-order valence-electron chi connectivity index (χ3n) is 4.14. The SMILES string of the molecule is COc1cc(Cl)ccc1COc1cc(C(N)=O)cc2c(Br)c(C(F)(F)P(O)O)sc12. The number of alkyl halides is 2. The molecule has 6 nitrogen and oxygen atoms in total. The van der Waals surface area contributed by atoms with Crippen LogP contribution in [-0.2, 0) is 12.3 Å². The van der Waals surface area contributed by atoms with E-state index >= 15 is 0 Å². The van der Waals surface area contributed by atoms with E-state index in [9.17, 15) is 13.6 Å². The zero-order chi connectivity index (χ0) is 22.2. The Hall–Kier alpha value is -1.55. The van der Waals surface area contributed by atoms with Gasteiger partial charge in [0.15, 0.2) is 0 Å². The van der Waals surface area contributed by atoms with Crippen LogP contribution in [0.15, 0.2) is 34.8 Å². The van der Waals surface area contributed by atoms with Crippen molar-refractivity contribution < 1.29 is 32.8 Å². The highest BCUT2D eigenvalue weighted by atomic mass is 79.9. The van der Waals surface area contributed by atoms with Crippen molar-refractivity contribution in [1.82, 2.24) is 0 Å². The molecule has 0 atom stereocenters. The summed E-state index contributed by atoms with van der Waals surface area (Å²) >= 11 is 9.65. The molecule has 0 saturated carbocycles. The lowest BCUT2D eigenvalue weighted by Gasteiger charge is -2.15. The number of amides is 1. The lowest BCUT2D eigenvalue weighted by Crippen LogP contribution is -2.11. The molecule has 3 aromatic rings. The summed E-state index contributed by atoms with van der Waals surface area (Å²) in [6.07, 6.45) is 0. The third kappa shape index (κ3) is 4.39. The van der Waals surface area contributed by atoms with E-state index in [0.717, 1.165) is 0 Å². The van der Waals surface area contributed by atoms with Gasteiger partial charge in [0, 0.05) is 26.0 Å². The molecule has 0 fully saturated rings. The van der Waals surface area contributed by atoms with Crippen LogP contribution in [-0.4, -0.2) is 22.8 Å². The lowest BCUT2D eigenvalue weighted by molar-refractivity contribution is 0.0766. The lowest BCUT2D eigenvalue weighted by atomic mass is 10.1. The number of methoxy groups -OCH3 is 1. The van der Waals surface area contributed by atoms with Crippen molar-refractivity contribution >= 4 is 63.2 Å². The normalized spacial score (nSPS) is 11.9. The number of hydrogen-bond acceptors (Lipinski definition) is 6. The molecular formula is C18H14BrClF2NO5PS. The van der Waals surface area contributed by atoms with Crippen molar-refractivity contribution in [3.8, 4) is 11.5 Å². The summed E-state index contributed by atoms with van der Waals surface area (Å²) in [6.45, 7) is -0.00832. The van der Waals surface area contributed by atoms with Crippen LogP contribution in [0.25, 0.3) is 10.1 Å². The molecular weight excluding hydrogens is 527 g/mol. The van der Waals surface area contributed by atoms with Gasteiger partial charge < -0.3 is 25.0 Å². The van der Waals surface area contributed by atoms with E-state index in [1.54, 1.807) is 18.2 Å². The van der Waals surface area contributed by atoms with E-state index < -0.39 is 24.8 Å². The van der Waals surface area contributed by atoms with Crippen molar-refractivity contribution in [2.24, 2.45) is 5.73 Å². The number of carbonyl (C=O) groups is 1. The van der Waals surface area contributed by atoms with E-state index in [2.05, 4.69) is 15.9 Å². The molecule has 0 radical (unpaired) electrons. The average Bonchev–Trinajstić information content (AvgIpc) is 3.04. The Morgan fingerprint density at radius 2 is 2.00 bits per heavy atom. The zero-order valence-corrected chi connectivity index (χ0v) is 19.2. The van der Waals surface area contributed by atoms with Crippen molar-refractivity contribution in [3.05, 3.63) is 55.8 Å². The highest BCUT2D eigenvalue weighted by molar-refractivity contribution is 9.10. The minimum atomic E-state index is -3.87. The molecule has 0 saturated heterocycles. The Bertz CT molecular complexity index is 1130. The summed E-state index contributed by atoms with van der Waals surface area (Å²) in [6, 6.07) is 7.61. The minimum Gasteiger partial charge on any atom is -0.496 e. The van der Waals surface area contributed by atoms with Gasteiger partial charge in [0.05, 0.1) is 16.7 Å². The van der Waals surface area contributed by atoms with Crippen molar-refractivity contribution in [3.63, 3.8) is 0 Å². The van der Waals surface area contributed by atoms with Gasteiger partial charge in [-0.1, -0.05) is 17.7 Å². The first-order valence-corrected chi connectivity index (χ1v) is 11.4. The standard InChI is InChI=1S/C18H14BrClF2NO5PS/c1-27-12-6-10(20)3-2-8(12)7-28-13-5-9(17(23)24)4-11-14(19)16(30-15(11)13)18(21,22)29(25)26/h2-6,25-26H,7H2,1H3,(H2,23,24). The first kappa shape index (κ1) is 23.1. The molecule has 0 spiro atoms. The van der Waals surface area contributed by atoms with Gasteiger partial charge in [-0.15, -0.1) is 11.3 Å². The fraction of sp³-hybridized carbons (Fsp3) is 0.167. The average molecular weight is 541 g/mol. The molecule has 0 aliphatic carbocycles. The minimum absolute atomic E-state index is 0.00832. The number of thiophene rings is 1. The van der Waals surface area contributed by atoms with Crippen LogP contribution in [0.3, 0.4) is 0 Å². The third-order valence-corrected chi connectivity index (χ3v) is 7.62. The highest BCUT2D eigenvalue weighted by Crippen LogP contribution is 2.58. The quantitative estimate of drug-likeness (QED) is 0.351. The van der Waals surface area contributed by atoms with Gasteiger partial charge in [-0.05, 0) is 40.2 Å². The molecule has 30 heavy (non-hydrogen) atoms. The van der Waals surface area contributed by atoms with Gasteiger partial charge >= 0.3 is 5.66 Å². The summed E-state index contributed by atoms with van der Waals surface area (Å²) in [5.41, 5.74) is 2.17.